The number of carbonyl (C=O) groups is 3. The molecule has 0 bridgehead atoms. The number of amides is 3. The minimum absolute atomic E-state index is 0.00589. The largest absolute Gasteiger partial charge is 0.364 e. The van der Waals surface area contributed by atoms with Crippen molar-refractivity contribution in [1.82, 2.24) is 19.1 Å². The van der Waals surface area contributed by atoms with Gasteiger partial charge in [0.1, 0.15) is 16.6 Å². The first-order chi connectivity index (χ1) is 13.1. The summed E-state index contributed by atoms with van der Waals surface area (Å²) in [5.74, 6) is -1.01. The van der Waals surface area contributed by atoms with Gasteiger partial charge in [0.2, 0.25) is 21.8 Å². The minimum Gasteiger partial charge on any atom is -0.364 e. The van der Waals surface area contributed by atoms with Crippen LogP contribution in [0.5, 0.6) is 0 Å². The molecular weight excluding hydrogens is 386 g/mol. The van der Waals surface area contributed by atoms with Crippen LogP contribution in [0, 0.1) is 5.92 Å². The molecule has 1 aromatic heterocycles. The number of hydrogen-bond donors (Lipinski definition) is 2. The highest BCUT2D eigenvalue weighted by molar-refractivity contribution is 7.89. The summed E-state index contributed by atoms with van der Waals surface area (Å²) in [5.41, 5.74) is 5.35. The number of aryl methyl sites for hydroxylation is 1. The summed E-state index contributed by atoms with van der Waals surface area (Å²) in [6, 6.07) is 0.619. The van der Waals surface area contributed by atoms with E-state index in [1.165, 1.54) is 21.1 Å². The molecule has 2 aliphatic rings. The van der Waals surface area contributed by atoms with Crippen LogP contribution in [0.4, 0.5) is 0 Å². The number of nitrogens with one attached hydrogen (secondary N) is 1. The molecule has 3 amide bonds. The predicted molar refractivity (Wildman–Crippen MR) is 99.6 cm³/mol. The molecule has 1 unspecified atom stereocenters. The molecule has 11 heteroatoms. The topological polar surface area (TPSA) is 135 Å². The molecule has 1 saturated carbocycles. The third kappa shape index (κ3) is 4.04. The fourth-order valence-electron chi connectivity index (χ4n) is 3.23. The standard InChI is InChI=1S/C17H25N5O5S/c1-11(19-16(24)12-3-4-12)17(25)21-5-7-22(8-6-21)28(26,27)13-9-14(15(18)23)20(2)10-13/h9-12H,3-8H2,1-2H3,(H2,18,23)(H,19,24). The van der Waals surface area contributed by atoms with Gasteiger partial charge >= 0.3 is 0 Å². The van der Waals surface area contributed by atoms with Crippen LogP contribution in [0.15, 0.2) is 17.2 Å². The Morgan fingerprint density at radius 3 is 2.29 bits per heavy atom. The SMILES string of the molecule is CC(NC(=O)C1CC1)C(=O)N1CCN(S(=O)(=O)c2cc(C(N)=O)n(C)c2)CC1. The van der Waals surface area contributed by atoms with Crippen LogP contribution in [-0.4, -0.2) is 72.1 Å². The molecule has 3 rings (SSSR count). The van der Waals surface area contributed by atoms with Crippen molar-refractivity contribution in [3.8, 4) is 0 Å². The number of hydrogen-bond acceptors (Lipinski definition) is 5. The molecule has 0 aromatic carbocycles. The van der Waals surface area contributed by atoms with Crippen LogP contribution < -0.4 is 11.1 Å². The Morgan fingerprint density at radius 1 is 1.18 bits per heavy atom. The number of nitrogens with zero attached hydrogens (tertiary/aromatic N) is 3. The van der Waals surface area contributed by atoms with Crippen LogP contribution in [0.3, 0.4) is 0 Å². The lowest BCUT2D eigenvalue weighted by atomic mass is 10.2. The zero-order chi connectivity index (χ0) is 20.6. The molecule has 154 valence electrons. The van der Waals surface area contributed by atoms with E-state index in [1.807, 2.05) is 0 Å². The van der Waals surface area contributed by atoms with Gasteiger partial charge in [-0.2, -0.15) is 4.31 Å². The lowest BCUT2D eigenvalue weighted by molar-refractivity contribution is -0.137. The maximum atomic E-state index is 12.8. The first-order valence-corrected chi connectivity index (χ1v) is 10.6. The molecule has 2 fully saturated rings. The van der Waals surface area contributed by atoms with E-state index >= 15 is 0 Å². The maximum absolute atomic E-state index is 12.8. The summed E-state index contributed by atoms with van der Waals surface area (Å²) in [4.78, 5) is 37.2. The van der Waals surface area contributed by atoms with E-state index in [1.54, 1.807) is 18.9 Å². The van der Waals surface area contributed by atoms with E-state index in [0.29, 0.717) is 0 Å². The number of primary amides is 1. The first-order valence-electron chi connectivity index (χ1n) is 9.16. The van der Waals surface area contributed by atoms with E-state index in [0.717, 1.165) is 12.8 Å². The fraction of sp³-hybridized carbons (Fsp3) is 0.588. The fourth-order valence-corrected chi connectivity index (χ4v) is 4.72. The zero-order valence-electron chi connectivity index (χ0n) is 15.9. The monoisotopic (exact) mass is 411 g/mol. The average molecular weight is 411 g/mol. The van der Waals surface area contributed by atoms with Crippen molar-refractivity contribution in [3.05, 3.63) is 18.0 Å². The summed E-state index contributed by atoms with van der Waals surface area (Å²) in [6.45, 7) is 2.38. The minimum atomic E-state index is -3.79. The van der Waals surface area contributed by atoms with Crippen LogP contribution >= 0.6 is 0 Å². The molecule has 1 atom stereocenters. The Morgan fingerprint density at radius 2 is 1.79 bits per heavy atom. The highest BCUT2D eigenvalue weighted by Gasteiger charge is 2.35. The highest BCUT2D eigenvalue weighted by Crippen LogP contribution is 2.29. The van der Waals surface area contributed by atoms with Gasteiger partial charge in [0.05, 0.1) is 0 Å². The second kappa shape index (κ2) is 7.55. The van der Waals surface area contributed by atoms with E-state index in [2.05, 4.69) is 5.32 Å². The molecule has 3 N–H and O–H groups in total. The van der Waals surface area contributed by atoms with Crippen LogP contribution in [0.1, 0.15) is 30.3 Å². The van der Waals surface area contributed by atoms with Crippen molar-refractivity contribution in [3.63, 3.8) is 0 Å². The Hall–Kier alpha value is -2.40. The third-order valence-corrected chi connectivity index (χ3v) is 6.96. The molecule has 1 aliphatic heterocycles. The number of carbonyl (C=O) groups excluding carboxylic acids is 3. The van der Waals surface area contributed by atoms with Gasteiger partial charge in [-0.3, -0.25) is 14.4 Å². The van der Waals surface area contributed by atoms with E-state index in [9.17, 15) is 22.8 Å². The third-order valence-electron chi connectivity index (χ3n) is 5.10. The predicted octanol–water partition coefficient (Wildman–Crippen LogP) is -1.13. The Bertz CT molecular complexity index is 897. The normalized spacial score (nSPS) is 19.3. The Labute approximate surface area is 163 Å². The Balaban J connectivity index is 1.61. The van der Waals surface area contributed by atoms with Crippen molar-refractivity contribution >= 4 is 27.7 Å². The zero-order valence-corrected chi connectivity index (χ0v) is 16.7. The van der Waals surface area contributed by atoms with Gasteiger partial charge in [-0.05, 0) is 25.8 Å². The number of nitrogens with two attached hydrogens (primary N) is 1. The summed E-state index contributed by atoms with van der Waals surface area (Å²) in [7, 11) is -2.24. The lowest BCUT2D eigenvalue weighted by Crippen LogP contribution is -2.55. The molecule has 1 aromatic rings. The molecule has 0 radical (unpaired) electrons. The number of piperazine rings is 1. The number of rotatable bonds is 6. The van der Waals surface area contributed by atoms with Gasteiger partial charge in [0, 0.05) is 45.3 Å². The summed E-state index contributed by atoms with van der Waals surface area (Å²) in [6.07, 6.45) is 3.07. The van der Waals surface area contributed by atoms with E-state index in [-0.39, 0.29) is 54.5 Å². The van der Waals surface area contributed by atoms with Gasteiger partial charge < -0.3 is 20.5 Å². The molecule has 10 nitrogen and oxygen atoms in total. The highest BCUT2D eigenvalue weighted by atomic mass is 32.2. The summed E-state index contributed by atoms with van der Waals surface area (Å²) in [5, 5.41) is 2.72. The summed E-state index contributed by atoms with van der Waals surface area (Å²) < 4.78 is 28.3. The number of sulfonamides is 1. The molecule has 2 heterocycles. The van der Waals surface area contributed by atoms with Gasteiger partial charge in [-0.25, -0.2) is 8.42 Å². The molecule has 0 spiro atoms. The second-order valence-corrected chi connectivity index (χ2v) is 9.21. The molecule has 28 heavy (non-hydrogen) atoms. The first kappa shape index (κ1) is 20.3. The Kier molecular flexibility index (Phi) is 5.48. The van der Waals surface area contributed by atoms with Gasteiger partial charge in [-0.1, -0.05) is 0 Å². The van der Waals surface area contributed by atoms with Gasteiger partial charge in [0.15, 0.2) is 0 Å². The summed E-state index contributed by atoms with van der Waals surface area (Å²) >= 11 is 0. The van der Waals surface area contributed by atoms with Crippen LogP contribution in [0.25, 0.3) is 0 Å². The van der Waals surface area contributed by atoms with Crippen molar-refractivity contribution in [2.75, 3.05) is 26.2 Å². The quantitative estimate of drug-likeness (QED) is 0.611. The van der Waals surface area contributed by atoms with Crippen LogP contribution in [-0.2, 0) is 26.7 Å². The van der Waals surface area contributed by atoms with E-state index in [4.69, 9.17) is 5.73 Å². The van der Waals surface area contributed by atoms with Crippen molar-refractivity contribution in [2.24, 2.45) is 18.7 Å². The smallest absolute Gasteiger partial charge is 0.265 e. The second-order valence-electron chi connectivity index (χ2n) is 7.27. The van der Waals surface area contributed by atoms with Crippen molar-refractivity contribution < 1.29 is 22.8 Å². The molecular formula is C17H25N5O5S. The maximum Gasteiger partial charge on any atom is 0.265 e. The number of aromatic nitrogens is 1. The van der Waals surface area contributed by atoms with Gasteiger partial charge in [0.25, 0.3) is 5.91 Å². The van der Waals surface area contributed by atoms with Crippen LogP contribution in [0.2, 0.25) is 0 Å². The van der Waals surface area contributed by atoms with E-state index < -0.39 is 22.0 Å². The van der Waals surface area contributed by atoms with Crippen molar-refractivity contribution in [1.29, 1.82) is 0 Å². The average Bonchev–Trinajstić information content (AvgIpc) is 3.42. The molecule has 1 saturated heterocycles. The van der Waals surface area contributed by atoms with Crippen molar-refractivity contribution in [2.45, 2.75) is 30.7 Å². The van der Waals surface area contributed by atoms with Gasteiger partial charge in [-0.15, -0.1) is 0 Å². The lowest BCUT2D eigenvalue weighted by Gasteiger charge is -2.35. The molecule has 1 aliphatic carbocycles.